The number of H-pyrrole nitrogens is 1. The zero-order chi connectivity index (χ0) is 26.5. The first kappa shape index (κ1) is 25.3. The van der Waals surface area contributed by atoms with Gasteiger partial charge in [0.15, 0.2) is 0 Å². The molecule has 0 unspecified atom stereocenters. The highest BCUT2D eigenvalue weighted by atomic mass is 19.4. The monoisotopic (exact) mass is 511 g/mol. The molecule has 0 spiro atoms. The van der Waals surface area contributed by atoms with Gasteiger partial charge < -0.3 is 19.2 Å². The summed E-state index contributed by atoms with van der Waals surface area (Å²) < 4.78 is 43.0. The highest BCUT2D eigenvalue weighted by molar-refractivity contribution is 5.92. The van der Waals surface area contributed by atoms with Crippen LogP contribution in [-0.4, -0.2) is 63.8 Å². The van der Waals surface area contributed by atoms with Crippen molar-refractivity contribution >= 4 is 22.5 Å². The molecule has 1 aliphatic heterocycles. The maximum Gasteiger partial charge on any atom is 0.420 e. The van der Waals surface area contributed by atoms with Gasteiger partial charge in [-0.15, -0.1) is 0 Å². The summed E-state index contributed by atoms with van der Waals surface area (Å²) in [5.74, 6) is 0.590. The van der Waals surface area contributed by atoms with Gasteiger partial charge in [-0.3, -0.25) is 4.79 Å². The van der Waals surface area contributed by atoms with Crippen molar-refractivity contribution in [2.24, 2.45) is 0 Å². The number of halogens is 3. The second kappa shape index (κ2) is 9.52. The highest BCUT2D eigenvalue weighted by Gasteiger charge is 2.35. The normalized spacial score (nSPS) is 15.5. The van der Waals surface area contributed by atoms with E-state index in [0.717, 1.165) is 42.4 Å². The third-order valence-electron chi connectivity index (χ3n) is 7.29. The second-order valence-electron chi connectivity index (χ2n) is 10.6. The number of aromatic amines is 1. The van der Waals surface area contributed by atoms with Crippen LogP contribution in [0.1, 0.15) is 55.2 Å². The summed E-state index contributed by atoms with van der Waals surface area (Å²) in [5, 5.41) is 1.04. The molecule has 4 aromatic rings. The molecule has 0 saturated carbocycles. The van der Waals surface area contributed by atoms with Gasteiger partial charge in [0, 0.05) is 48.1 Å². The molecule has 0 atom stereocenters. The summed E-state index contributed by atoms with van der Waals surface area (Å²) in [6, 6.07) is 7.52. The molecule has 1 N–H and O–H groups in total. The van der Waals surface area contributed by atoms with Crippen LogP contribution in [0.15, 0.2) is 42.9 Å². The molecule has 1 aliphatic rings. The molecular formula is C28H32F3N5O. The van der Waals surface area contributed by atoms with Crippen molar-refractivity contribution in [1.82, 2.24) is 24.2 Å². The predicted molar refractivity (Wildman–Crippen MR) is 139 cm³/mol. The Morgan fingerprint density at radius 2 is 1.92 bits per heavy atom. The molecule has 1 amide bonds. The van der Waals surface area contributed by atoms with Gasteiger partial charge in [0.2, 0.25) is 5.91 Å². The van der Waals surface area contributed by atoms with E-state index < -0.39 is 11.7 Å². The lowest BCUT2D eigenvalue weighted by atomic mass is 9.87. The molecule has 4 heterocycles. The summed E-state index contributed by atoms with van der Waals surface area (Å²) >= 11 is 0. The number of carbonyl (C=O) groups excluding carboxylic acids is 1. The lowest BCUT2D eigenvalue weighted by Crippen LogP contribution is -2.42. The lowest BCUT2D eigenvalue weighted by molar-refractivity contribution is -0.136. The van der Waals surface area contributed by atoms with Gasteiger partial charge in [-0.2, -0.15) is 13.2 Å². The van der Waals surface area contributed by atoms with Crippen LogP contribution in [0.5, 0.6) is 0 Å². The first-order chi connectivity index (χ1) is 17.5. The van der Waals surface area contributed by atoms with Crippen LogP contribution in [0.25, 0.3) is 27.8 Å². The Hall–Kier alpha value is -3.33. The highest BCUT2D eigenvalue weighted by Crippen LogP contribution is 2.40. The first-order valence-corrected chi connectivity index (χ1v) is 12.6. The smallest absolute Gasteiger partial charge is 0.354 e. The molecule has 6 nitrogen and oxygen atoms in total. The van der Waals surface area contributed by atoms with Crippen LogP contribution in [0.2, 0.25) is 0 Å². The Bertz CT molecular complexity index is 1440. The number of pyridine rings is 1. The minimum absolute atomic E-state index is 0.0947. The Labute approximate surface area is 214 Å². The largest absolute Gasteiger partial charge is 0.420 e. The average molecular weight is 512 g/mol. The number of amides is 1. The van der Waals surface area contributed by atoms with Gasteiger partial charge in [-0.1, -0.05) is 19.9 Å². The summed E-state index contributed by atoms with van der Waals surface area (Å²) in [7, 11) is 3.80. The van der Waals surface area contributed by atoms with Crippen molar-refractivity contribution in [2.75, 3.05) is 33.7 Å². The number of fused-ring (bicyclic) bond motifs is 2. The van der Waals surface area contributed by atoms with Gasteiger partial charge in [-0.05, 0) is 68.1 Å². The van der Waals surface area contributed by atoms with Gasteiger partial charge in [0.25, 0.3) is 0 Å². The predicted octanol–water partition coefficient (Wildman–Crippen LogP) is 5.89. The lowest BCUT2D eigenvalue weighted by Gasteiger charge is -2.33. The number of piperidine rings is 1. The summed E-state index contributed by atoms with van der Waals surface area (Å²) in [4.78, 5) is 23.6. The molecule has 0 aliphatic carbocycles. The maximum atomic E-state index is 13.9. The number of benzene rings is 1. The molecule has 0 radical (unpaired) electrons. The number of carbonyl (C=O) groups is 1. The maximum absolute atomic E-state index is 13.9. The number of likely N-dealkylation sites (N-methyl/N-ethyl adjacent to an activating group) is 1. The van der Waals surface area contributed by atoms with Crippen molar-refractivity contribution in [3.8, 4) is 11.3 Å². The summed E-state index contributed by atoms with van der Waals surface area (Å²) in [6.07, 6.45) is 1.91. The number of aromatic nitrogens is 3. The van der Waals surface area contributed by atoms with Crippen LogP contribution in [-0.2, 0) is 11.0 Å². The Balaban J connectivity index is 1.51. The van der Waals surface area contributed by atoms with E-state index in [1.165, 1.54) is 22.2 Å². The van der Waals surface area contributed by atoms with E-state index in [2.05, 4.69) is 35.9 Å². The molecule has 196 valence electrons. The number of nitrogens with zero attached hydrogens (tertiary/aromatic N) is 4. The Kier molecular flexibility index (Phi) is 6.52. The third kappa shape index (κ3) is 4.84. The number of alkyl halides is 3. The van der Waals surface area contributed by atoms with Crippen molar-refractivity contribution in [1.29, 1.82) is 0 Å². The topological polar surface area (TPSA) is 56.6 Å². The second-order valence-corrected chi connectivity index (χ2v) is 10.6. The van der Waals surface area contributed by atoms with E-state index in [-0.39, 0.29) is 17.5 Å². The van der Waals surface area contributed by atoms with Crippen LogP contribution >= 0.6 is 0 Å². The van der Waals surface area contributed by atoms with E-state index in [1.54, 1.807) is 12.4 Å². The number of nitrogens with one attached hydrogen (secondary N) is 1. The van der Waals surface area contributed by atoms with E-state index >= 15 is 0 Å². The third-order valence-corrected chi connectivity index (χ3v) is 7.29. The summed E-state index contributed by atoms with van der Waals surface area (Å²) in [6.45, 7) is 6.01. The minimum Gasteiger partial charge on any atom is -0.354 e. The van der Waals surface area contributed by atoms with E-state index in [1.807, 2.05) is 30.0 Å². The molecule has 37 heavy (non-hydrogen) atoms. The van der Waals surface area contributed by atoms with Gasteiger partial charge >= 0.3 is 6.18 Å². The van der Waals surface area contributed by atoms with Gasteiger partial charge in [-0.25, -0.2) is 4.98 Å². The van der Waals surface area contributed by atoms with Crippen LogP contribution in [0.4, 0.5) is 13.2 Å². The number of hydrogen-bond acceptors (Lipinski definition) is 3. The zero-order valence-electron chi connectivity index (χ0n) is 21.6. The Morgan fingerprint density at radius 1 is 1.19 bits per heavy atom. The van der Waals surface area contributed by atoms with Crippen LogP contribution < -0.4 is 0 Å². The fourth-order valence-electron chi connectivity index (χ4n) is 5.52. The number of likely N-dealkylation sites (tertiary alicyclic amines) is 1. The number of imidazole rings is 1. The van der Waals surface area contributed by atoms with E-state index in [0.29, 0.717) is 23.7 Å². The molecule has 1 aromatic carbocycles. The van der Waals surface area contributed by atoms with Crippen molar-refractivity contribution in [3.05, 3.63) is 59.5 Å². The van der Waals surface area contributed by atoms with Gasteiger partial charge in [0.05, 0.1) is 17.8 Å². The molecule has 5 rings (SSSR count). The fraction of sp³-hybridized carbons (Fsp3) is 0.429. The standard InChI is InChI=1S/C28H32F3N5O/c1-17(2)25-21-13-19(18-7-10-35(11-8-18)24(37)16-34(3)4)5-6-23(21)33-26(25)20-14-22(28(29,30)31)27-32-9-12-36(27)15-20/h5-6,9,12-15,17-18,33H,7-8,10-11,16H2,1-4H3. The quantitative estimate of drug-likeness (QED) is 0.363. The minimum atomic E-state index is -4.51. The van der Waals surface area contributed by atoms with Crippen LogP contribution in [0, 0.1) is 0 Å². The first-order valence-electron chi connectivity index (χ1n) is 12.6. The molecule has 1 saturated heterocycles. The SMILES string of the molecule is CC(C)c1c(-c2cc(C(F)(F)F)c3nccn3c2)[nH]c2ccc(C3CCN(C(=O)CN(C)C)CC3)cc12. The molecule has 0 bridgehead atoms. The van der Waals surface area contributed by atoms with Gasteiger partial charge in [0.1, 0.15) is 5.65 Å². The number of hydrogen-bond donors (Lipinski definition) is 1. The molecule has 9 heteroatoms. The van der Waals surface area contributed by atoms with E-state index in [9.17, 15) is 18.0 Å². The van der Waals surface area contributed by atoms with Crippen molar-refractivity contribution < 1.29 is 18.0 Å². The van der Waals surface area contributed by atoms with E-state index in [4.69, 9.17) is 0 Å². The Morgan fingerprint density at radius 3 is 2.57 bits per heavy atom. The molecular weight excluding hydrogens is 479 g/mol. The zero-order valence-corrected chi connectivity index (χ0v) is 21.6. The summed E-state index contributed by atoms with van der Waals surface area (Å²) in [5.41, 5.74) is 3.44. The molecule has 3 aromatic heterocycles. The van der Waals surface area contributed by atoms with Crippen LogP contribution in [0.3, 0.4) is 0 Å². The number of rotatable bonds is 5. The van der Waals surface area contributed by atoms with Crippen molar-refractivity contribution in [2.45, 2.75) is 44.7 Å². The van der Waals surface area contributed by atoms with Crippen molar-refractivity contribution in [3.63, 3.8) is 0 Å². The molecule has 1 fully saturated rings. The average Bonchev–Trinajstić information content (AvgIpc) is 3.46. The fourth-order valence-corrected chi connectivity index (χ4v) is 5.52.